The molecule has 3 nitrogen and oxygen atoms in total. The number of hydrogen-bond donors (Lipinski definition) is 1. The number of aliphatic hydroxyl groups excluding tert-OH is 1. The number of anilines is 1. The number of aromatic nitrogens is 1. The van der Waals surface area contributed by atoms with E-state index in [2.05, 4.69) is 22.9 Å². The van der Waals surface area contributed by atoms with Gasteiger partial charge in [0.25, 0.3) is 0 Å². The molecule has 1 aromatic heterocycles. The maximum absolute atomic E-state index is 9.75. The van der Waals surface area contributed by atoms with E-state index in [1.807, 2.05) is 19.2 Å². The third-order valence-corrected chi connectivity index (χ3v) is 3.57. The van der Waals surface area contributed by atoms with Crippen molar-refractivity contribution in [1.82, 2.24) is 4.98 Å². The van der Waals surface area contributed by atoms with Gasteiger partial charge in [0.1, 0.15) is 0 Å². The maximum atomic E-state index is 9.75. The van der Waals surface area contributed by atoms with Crippen molar-refractivity contribution in [3.63, 3.8) is 0 Å². The van der Waals surface area contributed by atoms with Gasteiger partial charge < -0.3 is 10.0 Å². The lowest BCUT2D eigenvalue weighted by Crippen LogP contribution is -2.26. The van der Waals surface area contributed by atoms with Crippen LogP contribution in [-0.2, 0) is 0 Å². The highest BCUT2D eigenvalue weighted by Crippen LogP contribution is 2.32. The lowest BCUT2D eigenvalue weighted by atomic mass is 10.2. The van der Waals surface area contributed by atoms with Crippen molar-refractivity contribution in [1.29, 1.82) is 0 Å². The van der Waals surface area contributed by atoms with E-state index in [9.17, 15) is 5.11 Å². The van der Waals surface area contributed by atoms with Crippen LogP contribution in [-0.4, -0.2) is 22.7 Å². The topological polar surface area (TPSA) is 36.4 Å². The first kappa shape index (κ1) is 13.3. The first-order chi connectivity index (χ1) is 8.76. The number of nitrogens with zero attached hydrogens (tertiary/aromatic N) is 2. The number of aliphatic hydroxyl groups is 1. The SMILES string of the molecule is CCCCN(c1ccc([C@H](O)CC)nc1)C1CC1. The van der Waals surface area contributed by atoms with E-state index in [0.717, 1.165) is 18.3 Å². The van der Waals surface area contributed by atoms with Crippen LogP contribution in [0.3, 0.4) is 0 Å². The molecule has 1 aliphatic carbocycles. The Kier molecular flexibility index (Phi) is 4.59. The van der Waals surface area contributed by atoms with E-state index in [-0.39, 0.29) is 0 Å². The van der Waals surface area contributed by atoms with Gasteiger partial charge in [-0.2, -0.15) is 0 Å². The molecule has 100 valence electrons. The summed E-state index contributed by atoms with van der Waals surface area (Å²) >= 11 is 0. The van der Waals surface area contributed by atoms with Crippen molar-refractivity contribution in [3.05, 3.63) is 24.0 Å². The molecule has 2 rings (SSSR count). The van der Waals surface area contributed by atoms with Gasteiger partial charge in [0.2, 0.25) is 0 Å². The Bertz CT molecular complexity index is 359. The Morgan fingerprint density at radius 1 is 1.39 bits per heavy atom. The fourth-order valence-corrected chi connectivity index (χ4v) is 2.21. The van der Waals surface area contributed by atoms with Gasteiger partial charge in [0.15, 0.2) is 0 Å². The van der Waals surface area contributed by atoms with Crippen molar-refractivity contribution >= 4 is 5.69 Å². The van der Waals surface area contributed by atoms with E-state index in [4.69, 9.17) is 0 Å². The molecule has 0 aromatic carbocycles. The molecule has 0 spiro atoms. The second-order valence-corrected chi connectivity index (χ2v) is 5.14. The molecule has 1 heterocycles. The van der Waals surface area contributed by atoms with E-state index < -0.39 is 6.10 Å². The fraction of sp³-hybridized carbons (Fsp3) is 0.667. The minimum Gasteiger partial charge on any atom is -0.387 e. The molecule has 0 saturated heterocycles. The fourth-order valence-electron chi connectivity index (χ4n) is 2.21. The smallest absolute Gasteiger partial charge is 0.0957 e. The summed E-state index contributed by atoms with van der Waals surface area (Å²) in [5.41, 5.74) is 1.99. The molecule has 1 atom stereocenters. The summed E-state index contributed by atoms with van der Waals surface area (Å²) in [6, 6.07) is 4.79. The van der Waals surface area contributed by atoms with Gasteiger partial charge in [-0.25, -0.2) is 0 Å². The van der Waals surface area contributed by atoms with Gasteiger partial charge in [-0.05, 0) is 37.8 Å². The third-order valence-electron chi connectivity index (χ3n) is 3.57. The molecule has 0 radical (unpaired) electrons. The van der Waals surface area contributed by atoms with Crippen LogP contribution in [0, 0.1) is 0 Å². The van der Waals surface area contributed by atoms with E-state index in [1.165, 1.54) is 31.4 Å². The highest BCUT2D eigenvalue weighted by atomic mass is 16.3. The lowest BCUT2D eigenvalue weighted by molar-refractivity contribution is 0.169. The van der Waals surface area contributed by atoms with Gasteiger partial charge in [0, 0.05) is 12.6 Å². The minimum absolute atomic E-state index is 0.427. The van der Waals surface area contributed by atoms with Crippen LogP contribution < -0.4 is 4.90 Å². The third kappa shape index (κ3) is 3.22. The molecular weight excluding hydrogens is 224 g/mol. The van der Waals surface area contributed by atoms with Crippen molar-refractivity contribution in [3.8, 4) is 0 Å². The number of unbranched alkanes of at least 4 members (excludes halogenated alkanes) is 1. The largest absolute Gasteiger partial charge is 0.387 e. The van der Waals surface area contributed by atoms with Crippen LogP contribution in [0.2, 0.25) is 0 Å². The van der Waals surface area contributed by atoms with Crippen molar-refractivity contribution < 1.29 is 5.11 Å². The van der Waals surface area contributed by atoms with E-state index in [1.54, 1.807) is 0 Å². The normalized spacial score (nSPS) is 16.6. The van der Waals surface area contributed by atoms with Gasteiger partial charge in [-0.1, -0.05) is 20.3 Å². The van der Waals surface area contributed by atoms with Crippen LogP contribution in [0.4, 0.5) is 5.69 Å². The molecular formula is C15H24N2O. The Morgan fingerprint density at radius 2 is 2.17 bits per heavy atom. The van der Waals surface area contributed by atoms with E-state index >= 15 is 0 Å². The lowest BCUT2D eigenvalue weighted by Gasteiger charge is -2.24. The monoisotopic (exact) mass is 248 g/mol. The number of hydrogen-bond acceptors (Lipinski definition) is 3. The molecule has 0 amide bonds. The van der Waals surface area contributed by atoms with Crippen LogP contribution in [0.5, 0.6) is 0 Å². The Balaban J connectivity index is 2.05. The first-order valence-electron chi connectivity index (χ1n) is 7.17. The summed E-state index contributed by atoms with van der Waals surface area (Å²) in [6.07, 6.45) is 7.28. The van der Waals surface area contributed by atoms with Crippen LogP contribution in [0.25, 0.3) is 0 Å². The Morgan fingerprint density at radius 3 is 2.67 bits per heavy atom. The highest BCUT2D eigenvalue weighted by Gasteiger charge is 2.28. The molecule has 0 bridgehead atoms. The van der Waals surface area contributed by atoms with Gasteiger partial charge in [-0.3, -0.25) is 4.98 Å². The molecule has 0 unspecified atom stereocenters. The van der Waals surface area contributed by atoms with Gasteiger partial charge >= 0.3 is 0 Å². The highest BCUT2D eigenvalue weighted by molar-refractivity contribution is 5.47. The van der Waals surface area contributed by atoms with Crippen LogP contribution in [0.1, 0.15) is 57.7 Å². The minimum atomic E-state index is -0.427. The quantitative estimate of drug-likeness (QED) is 0.804. The molecule has 1 aliphatic rings. The maximum Gasteiger partial charge on any atom is 0.0957 e. The summed E-state index contributed by atoms with van der Waals surface area (Å²) in [4.78, 5) is 6.87. The van der Waals surface area contributed by atoms with Gasteiger partial charge in [-0.15, -0.1) is 0 Å². The standard InChI is InChI=1S/C15H24N2O/c1-3-5-10-17(12-6-7-12)13-8-9-14(16-11-13)15(18)4-2/h8-9,11-12,15,18H,3-7,10H2,1-2H3/t15-/m1/s1. The predicted octanol–water partition coefficient (Wildman–Crippen LogP) is 3.29. The van der Waals surface area contributed by atoms with Crippen molar-refractivity contribution in [2.45, 2.75) is 58.1 Å². The molecule has 3 heteroatoms. The molecule has 1 saturated carbocycles. The summed E-state index contributed by atoms with van der Waals surface area (Å²) in [7, 11) is 0. The zero-order chi connectivity index (χ0) is 13.0. The molecule has 1 N–H and O–H groups in total. The summed E-state index contributed by atoms with van der Waals surface area (Å²) in [5.74, 6) is 0. The van der Waals surface area contributed by atoms with Crippen molar-refractivity contribution in [2.24, 2.45) is 0 Å². The molecule has 18 heavy (non-hydrogen) atoms. The average molecular weight is 248 g/mol. The molecule has 0 aliphatic heterocycles. The van der Waals surface area contributed by atoms with Crippen LogP contribution in [0.15, 0.2) is 18.3 Å². The summed E-state index contributed by atoms with van der Waals surface area (Å²) in [6.45, 7) is 5.32. The second-order valence-electron chi connectivity index (χ2n) is 5.14. The number of rotatable bonds is 7. The molecule has 1 fully saturated rings. The average Bonchev–Trinajstić information content (AvgIpc) is 3.24. The molecule has 1 aromatic rings. The zero-order valence-electron chi connectivity index (χ0n) is 11.5. The summed E-state index contributed by atoms with van der Waals surface area (Å²) < 4.78 is 0. The van der Waals surface area contributed by atoms with Crippen LogP contribution >= 0.6 is 0 Å². The van der Waals surface area contributed by atoms with Gasteiger partial charge in [0.05, 0.1) is 23.7 Å². The van der Waals surface area contributed by atoms with Crippen molar-refractivity contribution in [2.75, 3.05) is 11.4 Å². The summed E-state index contributed by atoms with van der Waals surface area (Å²) in [5, 5.41) is 9.75. The zero-order valence-corrected chi connectivity index (χ0v) is 11.5. The second kappa shape index (κ2) is 6.19. The Hall–Kier alpha value is -1.09. The number of pyridine rings is 1. The first-order valence-corrected chi connectivity index (χ1v) is 7.17. The van der Waals surface area contributed by atoms with E-state index in [0.29, 0.717) is 6.42 Å². The Labute approximate surface area is 110 Å². The predicted molar refractivity (Wildman–Crippen MR) is 74.8 cm³/mol.